The van der Waals surface area contributed by atoms with E-state index in [1.165, 1.54) is 12.1 Å². The largest absolute Gasteiger partial charge is 0.488 e. The van der Waals surface area contributed by atoms with Gasteiger partial charge in [-0.2, -0.15) is 0 Å². The molecule has 26 heavy (non-hydrogen) atoms. The normalized spacial score (nSPS) is 10.9. The van der Waals surface area contributed by atoms with Gasteiger partial charge in [0, 0.05) is 17.0 Å². The Morgan fingerprint density at radius 3 is 2.85 bits per heavy atom. The van der Waals surface area contributed by atoms with Crippen molar-refractivity contribution in [1.29, 1.82) is 0 Å². The SMILES string of the molecule is CCOC(=O)Cc1ccc(F)cc1OCc1cc(Br)c2occ(C)c2c1. The standard InChI is InChI=1S/C20H18BrFO4/c1-3-24-19(23)8-14-4-5-15(22)9-18(14)25-11-13-6-16-12(2)10-26-20(16)17(21)7-13/h4-7,9-10H,3,8,11H2,1-2H3. The molecule has 0 N–H and O–H groups in total. The number of furan rings is 1. The summed E-state index contributed by atoms with van der Waals surface area (Å²) in [6.07, 6.45) is 1.73. The minimum atomic E-state index is -0.421. The molecule has 0 saturated carbocycles. The molecule has 0 radical (unpaired) electrons. The Bertz CT molecular complexity index is 948. The maximum atomic E-state index is 13.6. The van der Waals surface area contributed by atoms with Crippen LogP contribution in [0.5, 0.6) is 5.75 Å². The van der Waals surface area contributed by atoms with E-state index in [4.69, 9.17) is 13.9 Å². The van der Waals surface area contributed by atoms with E-state index < -0.39 is 5.82 Å². The number of hydrogen-bond acceptors (Lipinski definition) is 4. The summed E-state index contributed by atoms with van der Waals surface area (Å²) in [5.41, 5.74) is 3.29. The van der Waals surface area contributed by atoms with Crippen molar-refractivity contribution in [3.63, 3.8) is 0 Å². The zero-order chi connectivity index (χ0) is 18.7. The van der Waals surface area contributed by atoms with Crippen LogP contribution in [0.2, 0.25) is 0 Å². The molecule has 2 aromatic carbocycles. The number of aryl methyl sites for hydroxylation is 1. The van der Waals surface area contributed by atoms with Crippen molar-refractivity contribution in [2.24, 2.45) is 0 Å². The van der Waals surface area contributed by atoms with E-state index >= 15 is 0 Å². The second-order valence-corrected chi connectivity index (χ2v) is 6.75. The Morgan fingerprint density at radius 1 is 1.27 bits per heavy atom. The molecule has 1 aromatic heterocycles. The van der Waals surface area contributed by atoms with E-state index in [1.54, 1.807) is 19.3 Å². The van der Waals surface area contributed by atoms with E-state index in [9.17, 15) is 9.18 Å². The minimum Gasteiger partial charge on any atom is -0.488 e. The van der Waals surface area contributed by atoms with Crippen molar-refractivity contribution in [2.45, 2.75) is 26.9 Å². The zero-order valence-electron chi connectivity index (χ0n) is 14.5. The van der Waals surface area contributed by atoms with Crippen LogP contribution in [0.25, 0.3) is 11.0 Å². The number of benzene rings is 2. The van der Waals surface area contributed by atoms with Gasteiger partial charge in [0.25, 0.3) is 0 Å². The van der Waals surface area contributed by atoms with Crippen LogP contribution < -0.4 is 4.74 Å². The fraction of sp³-hybridized carbons (Fsp3) is 0.250. The number of ether oxygens (including phenoxy) is 2. The highest BCUT2D eigenvalue weighted by Gasteiger charge is 2.13. The van der Waals surface area contributed by atoms with Gasteiger partial charge in [-0.05, 0) is 59.1 Å². The third-order valence-corrected chi connectivity index (χ3v) is 4.53. The molecule has 6 heteroatoms. The molecule has 0 unspecified atom stereocenters. The van der Waals surface area contributed by atoms with E-state index in [0.29, 0.717) is 17.9 Å². The molecular weight excluding hydrogens is 403 g/mol. The summed E-state index contributed by atoms with van der Waals surface area (Å²) in [6, 6.07) is 8.00. The molecule has 0 fully saturated rings. The van der Waals surface area contributed by atoms with Crippen molar-refractivity contribution in [2.75, 3.05) is 6.61 Å². The first kappa shape index (κ1) is 18.5. The Labute approximate surface area is 159 Å². The first-order chi connectivity index (χ1) is 12.5. The van der Waals surface area contributed by atoms with E-state index in [2.05, 4.69) is 15.9 Å². The Kier molecular flexibility index (Phi) is 5.61. The highest BCUT2D eigenvalue weighted by molar-refractivity contribution is 9.10. The monoisotopic (exact) mass is 420 g/mol. The number of fused-ring (bicyclic) bond motifs is 1. The molecule has 3 rings (SSSR count). The topological polar surface area (TPSA) is 48.7 Å². The molecule has 1 heterocycles. The molecule has 0 aliphatic heterocycles. The van der Waals surface area contributed by atoms with Crippen molar-refractivity contribution < 1.29 is 23.1 Å². The predicted octanol–water partition coefficient (Wildman–Crippen LogP) is 5.33. The summed E-state index contributed by atoms with van der Waals surface area (Å²) in [7, 11) is 0. The lowest BCUT2D eigenvalue weighted by molar-refractivity contribution is -0.142. The molecular formula is C20H18BrFO4. The molecule has 0 aliphatic carbocycles. The summed E-state index contributed by atoms with van der Waals surface area (Å²) >= 11 is 3.49. The summed E-state index contributed by atoms with van der Waals surface area (Å²) in [6.45, 7) is 4.24. The average molecular weight is 421 g/mol. The van der Waals surface area contributed by atoms with Gasteiger partial charge in [-0.15, -0.1) is 0 Å². The molecule has 0 amide bonds. The fourth-order valence-electron chi connectivity index (χ4n) is 2.69. The number of carbonyl (C=O) groups excluding carboxylic acids is 1. The number of rotatable bonds is 6. The molecule has 0 bridgehead atoms. The second-order valence-electron chi connectivity index (χ2n) is 5.90. The van der Waals surface area contributed by atoms with Crippen LogP contribution in [0.4, 0.5) is 4.39 Å². The van der Waals surface area contributed by atoms with Crippen molar-refractivity contribution in [1.82, 2.24) is 0 Å². The van der Waals surface area contributed by atoms with Crippen molar-refractivity contribution in [3.05, 3.63) is 63.6 Å². The van der Waals surface area contributed by atoms with Gasteiger partial charge in [-0.1, -0.05) is 6.07 Å². The first-order valence-corrected chi connectivity index (χ1v) is 9.00. The van der Waals surface area contributed by atoms with Crippen LogP contribution in [-0.2, 0) is 22.6 Å². The smallest absolute Gasteiger partial charge is 0.310 e. The lowest BCUT2D eigenvalue weighted by atomic mass is 10.1. The number of halogens is 2. The molecule has 3 aromatic rings. The van der Waals surface area contributed by atoms with Gasteiger partial charge in [-0.25, -0.2) is 4.39 Å². The molecule has 136 valence electrons. The van der Waals surface area contributed by atoms with Gasteiger partial charge in [0.1, 0.15) is 23.8 Å². The van der Waals surface area contributed by atoms with Crippen LogP contribution in [0, 0.1) is 12.7 Å². The summed E-state index contributed by atoms with van der Waals surface area (Å²) in [5.74, 6) is -0.463. The zero-order valence-corrected chi connectivity index (χ0v) is 16.1. The average Bonchev–Trinajstić information content (AvgIpc) is 2.97. The van der Waals surface area contributed by atoms with E-state index in [-0.39, 0.29) is 19.0 Å². The molecule has 0 spiro atoms. The quantitative estimate of drug-likeness (QED) is 0.505. The molecule has 0 aliphatic rings. The van der Waals surface area contributed by atoms with Crippen molar-refractivity contribution in [3.8, 4) is 5.75 Å². The molecule has 0 atom stereocenters. The predicted molar refractivity (Wildman–Crippen MR) is 99.7 cm³/mol. The molecule has 0 saturated heterocycles. The second kappa shape index (κ2) is 7.91. The van der Waals surface area contributed by atoms with Crippen LogP contribution in [0.1, 0.15) is 23.6 Å². The van der Waals surface area contributed by atoms with Crippen molar-refractivity contribution >= 4 is 32.9 Å². The Balaban J connectivity index is 1.82. The van der Waals surface area contributed by atoms with Crippen LogP contribution in [0.3, 0.4) is 0 Å². The Morgan fingerprint density at radius 2 is 2.08 bits per heavy atom. The van der Waals surface area contributed by atoms with E-state index in [1.807, 2.05) is 19.1 Å². The summed E-state index contributed by atoms with van der Waals surface area (Å²) in [4.78, 5) is 11.7. The lowest BCUT2D eigenvalue weighted by Crippen LogP contribution is -2.09. The first-order valence-electron chi connectivity index (χ1n) is 8.21. The number of carbonyl (C=O) groups is 1. The highest BCUT2D eigenvalue weighted by Crippen LogP contribution is 2.30. The summed E-state index contributed by atoms with van der Waals surface area (Å²) in [5, 5.41) is 0.990. The van der Waals surface area contributed by atoms with Crippen LogP contribution >= 0.6 is 15.9 Å². The lowest BCUT2D eigenvalue weighted by Gasteiger charge is -2.12. The van der Waals surface area contributed by atoms with Crippen LogP contribution in [0.15, 0.2) is 45.5 Å². The minimum absolute atomic E-state index is 0.0347. The summed E-state index contributed by atoms with van der Waals surface area (Å²) < 4.78 is 30.7. The Hall–Kier alpha value is -2.34. The van der Waals surface area contributed by atoms with Gasteiger partial charge in [-0.3, -0.25) is 4.79 Å². The number of esters is 1. The third-order valence-electron chi connectivity index (χ3n) is 3.95. The van der Waals surface area contributed by atoms with Gasteiger partial charge in [0.05, 0.1) is 23.8 Å². The number of hydrogen-bond donors (Lipinski definition) is 0. The maximum absolute atomic E-state index is 13.6. The third kappa shape index (κ3) is 4.07. The fourth-order valence-corrected chi connectivity index (χ4v) is 3.29. The van der Waals surface area contributed by atoms with Gasteiger partial charge >= 0.3 is 5.97 Å². The van der Waals surface area contributed by atoms with Gasteiger partial charge in [0.15, 0.2) is 0 Å². The maximum Gasteiger partial charge on any atom is 0.310 e. The van der Waals surface area contributed by atoms with Crippen LogP contribution in [-0.4, -0.2) is 12.6 Å². The van der Waals surface area contributed by atoms with Gasteiger partial charge in [0.2, 0.25) is 0 Å². The highest BCUT2D eigenvalue weighted by atomic mass is 79.9. The molecule has 4 nitrogen and oxygen atoms in total. The van der Waals surface area contributed by atoms with Gasteiger partial charge < -0.3 is 13.9 Å². The van der Waals surface area contributed by atoms with E-state index in [0.717, 1.165) is 26.6 Å².